The van der Waals surface area contributed by atoms with E-state index in [1.807, 2.05) is 0 Å². The van der Waals surface area contributed by atoms with Gasteiger partial charge in [-0.15, -0.1) is 0 Å². The molecule has 1 heterocycles. The predicted octanol–water partition coefficient (Wildman–Crippen LogP) is -0.585. The third-order valence-electron chi connectivity index (χ3n) is 2.77. The summed E-state index contributed by atoms with van der Waals surface area (Å²) < 4.78 is 0. The molecule has 1 aliphatic rings. The van der Waals surface area contributed by atoms with Crippen LogP contribution < -0.4 is 10.9 Å². The predicted molar refractivity (Wildman–Crippen MR) is 56.0 cm³/mol. The van der Waals surface area contributed by atoms with E-state index in [1.54, 1.807) is 0 Å². The van der Waals surface area contributed by atoms with Crippen LogP contribution in [0.25, 0.3) is 0 Å². The molecule has 0 unspecified atom stereocenters. The topological polar surface area (TPSA) is 95.1 Å². The van der Waals surface area contributed by atoms with Crippen LogP contribution in [0.3, 0.4) is 0 Å². The number of amides is 1. The fourth-order valence-electron chi connectivity index (χ4n) is 1.57. The van der Waals surface area contributed by atoms with Crippen molar-refractivity contribution in [3.05, 3.63) is 28.2 Å². The number of hydrogen-bond acceptors (Lipinski definition) is 4. The Bertz CT molecular complexity index is 430. The van der Waals surface area contributed by atoms with Gasteiger partial charge in [0.05, 0.1) is 5.60 Å². The van der Waals surface area contributed by atoms with Crippen LogP contribution in [-0.4, -0.2) is 33.4 Å². The molecule has 0 aliphatic heterocycles. The maximum Gasteiger partial charge on any atom is 0.271 e. The summed E-state index contributed by atoms with van der Waals surface area (Å²) in [5.41, 5.74) is -0.964. The van der Waals surface area contributed by atoms with Crippen LogP contribution in [0.2, 0.25) is 0 Å². The first kappa shape index (κ1) is 10.8. The van der Waals surface area contributed by atoms with Gasteiger partial charge in [-0.1, -0.05) is 0 Å². The third-order valence-corrected chi connectivity index (χ3v) is 2.77. The second kappa shape index (κ2) is 4.05. The molecule has 0 radical (unpaired) electrons. The molecule has 16 heavy (non-hydrogen) atoms. The normalized spacial score (nSPS) is 17.6. The molecule has 1 saturated carbocycles. The van der Waals surface area contributed by atoms with Gasteiger partial charge in [-0.05, 0) is 25.3 Å². The summed E-state index contributed by atoms with van der Waals surface area (Å²) in [5, 5.41) is 18.1. The van der Waals surface area contributed by atoms with Crippen LogP contribution in [0.15, 0.2) is 16.9 Å². The van der Waals surface area contributed by atoms with Gasteiger partial charge in [-0.25, -0.2) is 5.10 Å². The number of aromatic amines is 1. The van der Waals surface area contributed by atoms with E-state index in [2.05, 4.69) is 15.5 Å². The Kier molecular flexibility index (Phi) is 2.74. The number of nitrogens with zero attached hydrogens (tertiary/aromatic N) is 1. The first-order valence-electron chi connectivity index (χ1n) is 5.15. The van der Waals surface area contributed by atoms with Crippen molar-refractivity contribution in [2.45, 2.75) is 24.9 Å². The van der Waals surface area contributed by atoms with Gasteiger partial charge < -0.3 is 10.4 Å². The Morgan fingerprint density at radius 1 is 1.56 bits per heavy atom. The second-order valence-corrected chi connectivity index (χ2v) is 4.07. The summed E-state index contributed by atoms with van der Waals surface area (Å²) in [6.45, 7) is 0.229. The first-order chi connectivity index (χ1) is 7.59. The molecule has 0 bridgehead atoms. The number of aromatic nitrogens is 2. The molecule has 1 amide bonds. The van der Waals surface area contributed by atoms with E-state index in [4.69, 9.17) is 0 Å². The van der Waals surface area contributed by atoms with E-state index < -0.39 is 11.5 Å². The van der Waals surface area contributed by atoms with E-state index in [0.717, 1.165) is 6.42 Å². The molecule has 6 nitrogen and oxygen atoms in total. The van der Waals surface area contributed by atoms with Crippen molar-refractivity contribution >= 4 is 5.91 Å². The smallest absolute Gasteiger partial charge is 0.271 e. The maximum absolute atomic E-state index is 11.5. The highest BCUT2D eigenvalue weighted by Crippen LogP contribution is 2.30. The van der Waals surface area contributed by atoms with Gasteiger partial charge in [0, 0.05) is 12.6 Å². The lowest BCUT2D eigenvalue weighted by Crippen LogP contribution is -2.47. The molecule has 6 heteroatoms. The minimum absolute atomic E-state index is 0.141. The van der Waals surface area contributed by atoms with Crippen LogP contribution in [-0.2, 0) is 0 Å². The van der Waals surface area contributed by atoms with Crippen molar-refractivity contribution in [3.63, 3.8) is 0 Å². The van der Waals surface area contributed by atoms with Crippen molar-refractivity contribution in [2.75, 3.05) is 6.54 Å². The first-order valence-corrected chi connectivity index (χ1v) is 5.15. The molecule has 0 atom stereocenters. The van der Waals surface area contributed by atoms with Crippen molar-refractivity contribution in [2.24, 2.45) is 0 Å². The van der Waals surface area contributed by atoms with Crippen LogP contribution in [0.1, 0.15) is 29.8 Å². The average molecular weight is 223 g/mol. The molecule has 1 fully saturated rings. The lowest BCUT2D eigenvalue weighted by atomic mass is 9.80. The molecule has 1 aliphatic carbocycles. The zero-order valence-electron chi connectivity index (χ0n) is 8.69. The third kappa shape index (κ3) is 2.27. The van der Waals surface area contributed by atoms with Gasteiger partial charge in [0.2, 0.25) is 0 Å². The van der Waals surface area contributed by atoms with Crippen LogP contribution in [0.5, 0.6) is 0 Å². The van der Waals surface area contributed by atoms with Gasteiger partial charge in [0.25, 0.3) is 11.5 Å². The van der Waals surface area contributed by atoms with Crippen molar-refractivity contribution < 1.29 is 9.90 Å². The minimum atomic E-state index is -0.752. The zero-order valence-corrected chi connectivity index (χ0v) is 8.69. The molecule has 0 aromatic carbocycles. The molecular formula is C10H13N3O3. The molecule has 0 spiro atoms. The highest BCUT2D eigenvalue weighted by molar-refractivity contribution is 5.92. The summed E-state index contributed by atoms with van der Waals surface area (Å²) in [7, 11) is 0. The van der Waals surface area contributed by atoms with Crippen molar-refractivity contribution in [1.29, 1.82) is 0 Å². The van der Waals surface area contributed by atoms with E-state index >= 15 is 0 Å². The minimum Gasteiger partial charge on any atom is -0.388 e. The lowest BCUT2D eigenvalue weighted by molar-refractivity contribution is -0.0300. The molecule has 1 aromatic rings. The monoisotopic (exact) mass is 223 g/mol. The molecule has 2 rings (SSSR count). The van der Waals surface area contributed by atoms with Gasteiger partial charge >= 0.3 is 0 Å². The Morgan fingerprint density at radius 3 is 2.81 bits per heavy atom. The zero-order chi connectivity index (χ0) is 11.6. The molecule has 3 N–H and O–H groups in total. The van der Waals surface area contributed by atoms with E-state index in [1.165, 1.54) is 12.1 Å². The van der Waals surface area contributed by atoms with Crippen molar-refractivity contribution in [3.8, 4) is 0 Å². The molecule has 86 valence electrons. The SMILES string of the molecule is O=C(NCC1(O)CCC1)c1ccc(=O)[nH]n1. The van der Waals surface area contributed by atoms with Crippen LogP contribution >= 0.6 is 0 Å². The second-order valence-electron chi connectivity index (χ2n) is 4.07. The van der Waals surface area contributed by atoms with Crippen LogP contribution in [0.4, 0.5) is 0 Å². The largest absolute Gasteiger partial charge is 0.388 e. The maximum atomic E-state index is 11.5. The van der Waals surface area contributed by atoms with Crippen LogP contribution in [0, 0.1) is 0 Å². The summed E-state index contributed by atoms with van der Waals surface area (Å²) in [6, 6.07) is 2.58. The number of H-pyrrole nitrogens is 1. The van der Waals surface area contributed by atoms with Gasteiger partial charge in [0.15, 0.2) is 0 Å². The Labute approximate surface area is 91.7 Å². The summed E-state index contributed by atoms with van der Waals surface area (Å²) >= 11 is 0. The Balaban J connectivity index is 1.92. The number of rotatable bonds is 3. The quantitative estimate of drug-likeness (QED) is 0.638. The number of hydrogen-bond donors (Lipinski definition) is 3. The highest BCUT2D eigenvalue weighted by atomic mass is 16.3. The van der Waals surface area contributed by atoms with E-state index in [9.17, 15) is 14.7 Å². The highest BCUT2D eigenvalue weighted by Gasteiger charge is 2.34. The molecular weight excluding hydrogens is 210 g/mol. The summed E-state index contributed by atoms with van der Waals surface area (Å²) in [6.07, 6.45) is 2.42. The number of aliphatic hydroxyl groups is 1. The fourth-order valence-corrected chi connectivity index (χ4v) is 1.57. The van der Waals surface area contributed by atoms with Crippen molar-refractivity contribution in [1.82, 2.24) is 15.5 Å². The van der Waals surface area contributed by atoms with Gasteiger partial charge in [0.1, 0.15) is 5.69 Å². The van der Waals surface area contributed by atoms with E-state index in [-0.39, 0.29) is 17.8 Å². The Morgan fingerprint density at radius 2 is 2.31 bits per heavy atom. The van der Waals surface area contributed by atoms with E-state index in [0.29, 0.717) is 12.8 Å². The standard InChI is InChI=1S/C10H13N3O3/c14-8-3-2-7(12-13-8)9(15)11-6-10(16)4-1-5-10/h2-3,16H,1,4-6H2,(H,11,15)(H,13,14). The lowest BCUT2D eigenvalue weighted by Gasteiger charge is -2.36. The molecule has 0 saturated heterocycles. The summed E-state index contributed by atoms with van der Waals surface area (Å²) in [5.74, 6) is -0.392. The summed E-state index contributed by atoms with van der Waals surface area (Å²) in [4.78, 5) is 22.3. The van der Waals surface area contributed by atoms with Gasteiger partial charge in [-0.3, -0.25) is 9.59 Å². The average Bonchev–Trinajstić information content (AvgIpc) is 2.24. The van der Waals surface area contributed by atoms with Gasteiger partial charge in [-0.2, -0.15) is 5.10 Å². The molecule has 1 aromatic heterocycles. The number of carbonyl (C=O) groups excluding carboxylic acids is 1. The Hall–Kier alpha value is -1.69. The number of carbonyl (C=O) groups is 1. The fraction of sp³-hybridized carbons (Fsp3) is 0.500. The number of nitrogens with one attached hydrogen (secondary N) is 2.